The van der Waals surface area contributed by atoms with E-state index in [-0.39, 0.29) is 12.5 Å². The molecular weight excluding hydrogens is 182 g/mol. The van der Waals surface area contributed by atoms with Crippen LogP contribution in [0.1, 0.15) is 12.7 Å². The van der Waals surface area contributed by atoms with Crippen molar-refractivity contribution in [2.75, 3.05) is 13.2 Å². The van der Waals surface area contributed by atoms with E-state index >= 15 is 0 Å². The van der Waals surface area contributed by atoms with Gasteiger partial charge in [0.05, 0.1) is 19.7 Å². The summed E-state index contributed by atoms with van der Waals surface area (Å²) in [5.74, 6) is 0.403. The highest BCUT2D eigenvalue weighted by Gasteiger charge is 2.00. The Morgan fingerprint density at radius 2 is 2.21 bits per heavy atom. The molecule has 1 rings (SSSR count). The fourth-order valence-corrected chi connectivity index (χ4v) is 0.910. The molecule has 0 aliphatic rings. The van der Waals surface area contributed by atoms with Crippen LogP contribution in [0.25, 0.3) is 0 Å². The third kappa shape index (κ3) is 3.95. The molecule has 1 aromatic rings. The van der Waals surface area contributed by atoms with E-state index in [1.165, 1.54) is 0 Å². The van der Waals surface area contributed by atoms with Gasteiger partial charge in [0.25, 0.3) is 0 Å². The molecule has 5 heteroatoms. The molecule has 0 spiro atoms. The van der Waals surface area contributed by atoms with Crippen molar-refractivity contribution in [3.8, 4) is 0 Å². The minimum absolute atomic E-state index is 0.187. The summed E-state index contributed by atoms with van der Waals surface area (Å²) in [4.78, 5) is 18.9. The second-order valence-electron chi connectivity index (χ2n) is 2.57. The maximum atomic E-state index is 10.9. The minimum Gasteiger partial charge on any atom is -0.465 e. The first kappa shape index (κ1) is 10.6. The summed E-state index contributed by atoms with van der Waals surface area (Å²) in [6.45, 7) is 2.84. The van der Waals surface area contributed by atoms with Gasteiger partial charge >= 0.3 is 5.97 Å². The van der Waals surface area contributed by atoms with Gasteiger partial charge in [0.15, 0.2) is 0 Å². The van der Waals surface area contributed by atoms with Gasteiger partial charge in [-0.1, -0.05) is 0 Å². The first-order valence-electron chi connectivity index (χ1n) is 4.45. The smallest absolute Gasteiger partial charge is 0.319 e. The van der Waals surface area contributed by atoms with Crippen molar-refractivity contribution in [1.29, 1.82) is 0 Å². The predicted octanol–water partition coefficient (Wildman–Crippen LogP) is 0.129. The molecule has 0 fully saturated rings. The molecule has 0 unspecified atom stereocenters. The number of hydrogen-bond donors (Lipinski definition) is 1. The van der Waals surface area contributed by atoms with Gasteiger partial charge in [0, 0.05) is 12.4 Å². The molecule has 1 aromatic heterocycles. The number of carbonyl (C=O) groups is 1. The van der Waals surface area contributed by atoms with Crippen LogP contribution < -0.4 is 5.32 Å². The summed E-state index contributed by atoms with van der Waals surface area (Å²) < 4.78 is 4.74. The SMILES string of the molecule is CCOC(=O)CNCc1ncccn1. The van der Waals surface area contributed by atoms with E-state index in [1.807, 2.05) is 0 Å². The Balaban J connectivity index is 2.19. The normalized spacial score (nSPS) is 9.79. The zero-order chi connectivity index (χ0) is 10.2. The largest absolute Gasteiger partial charge is 0.465 e. The van der Waals surface area contributed by atoms with Gasteiger partial charge in [-0.2, -0.15) is 0 Å². The summed E-state index contributed by atoms with van der Waals surface area (Å²) in [7, 11) is 0. The predicted molar refractivity (Wildman–Crippen MR) is 50.4 cm³/mol. The monoisotopic (exact) mass is 195 g/mol. The Hall–Kier alpha value is -1.49. The highest BCUT2D eigenvalue weighted by molar-refractivity contribution is 5.71. The standard InChI is InChI=1S/C9H13N3O2/c1-2-14-9(13)7-10-6-8-11-4-3-5-12-8/h3-5,10H,2,6-7H2,1H3. The van der Waals surface area contributed by atoms with Crippen LogP contribution in [-0.4, -0.2) is 29.1 Å². The Bertz CT molecular complexity index is 277. The lowest BCUT2D eigenvalue weighted by Crippen LogP contribution is -2.25. The number of nitrogens with one attached hydrogen (secondary N) is 1. The van der Waals surface area contributed by atoms with E-state index in [0.717, 1.165) is 0 Å². The molecule has 76 valence electrons. The van der Waals surface area contributed by atoms with Gasteiger partial charge in [-0.05, 0) is 13.0 Å². The topological polar surface area (TPSA) is 64.1 Å². The van der Waals surface area contributed by atoms with Gasteiger partial charge in [-0.3, -0.25) is 10.1 Å². The van der Waals surface area contributed by atoms with Crippen molar-refractivity contribution in [1.82, 2.24) is 15.3 Å². The molecule has 14 heavy (non-hydrogen) atoms. The molecule has 0 atom stereocenters. The number of esters is 1. The zero-order valence-electron chi connectivity index (χ0n) is 8.06. The van der Waals surface area contributed by atoms with E-state index in [2.05, 4.69) is 15.3 Å². The van der Waals surface area contributed by atoms with Gasteiger partial charge in [-0.25, -0.2) is 9.97 Å². The van der Waals surface area contributed by atoms with Crippen molar-refractivity contribution < 1.29 is 9.53 Å². The third-order valence-corrected chi connectivity index (χ3v) is 1.48. The van der Waals surface area contributed by atoms with Gasteiger partial charge in [0.1, 0.15) is 5.82 Å². The van der Waals surface area contributed by atoms with Crippen molar-refractivity contribution >= 4 is 5.97 Å². The molecule has 0 aliphatic carbocycles. The van der Waals surface area contributed by atoms with E-state index < -0.39 is 0 Å². The van der Waals surface area contributed by atoms with E-state index in [0.29, 0.717) is 19.0 Å². The van der Waals surface area contributed by atoms with Gasteiger partial charge < -0.3 is 4.74 Å². The van der Waals surface area contributed by atoms with Crippen LogP contribution in [0.3, 0.4) is 0 Å². The third-order valence-electron chi connectivity index (χ3n) is 1.48. The number of carbonyl (C=O) groups excluding carboxylic acids is 1. The fraction of sp³-hybridized carbons (Fsp3) is 0.444. The maximum absolute atomic E-state index is 10.9. The van der Waals surface area contributed by atoms with E-state index in [9.17, 15) is 4.79 Å². The Morgan fingerprint density at radius 3 is 2.86 bits per heavy atom. The first-order chi connectivity index (χ1) is 6.83. The lowest BCUT2D eigenvalue weighted by atomic mass is 10.5. The molecule has 0 aromatic carbocycles. The Morgan fingerprint density at radius 1 is 1.50 bits per heavy atom. The lowest BCUT2D eigenvalue weighted by Gasteiger charge is -2.02. The molecule has 5 nitrogen and oxygen atoms in total. The molecule has 0 bridgehead atoms. The number of hydrogen-bond acceptors (Lipinski definition) is 5. The summed E-state index contributed by atoms with van der Waals surface area (Å²) in [6.07, 6.45) is 3.32. The first-order valence-corrected chi connectivity index (χ1v) is 4.45. The molecule has 0 radical (unpaired) electrons. The van der Waals surface area contributed by atoms with Crippen LogP contribution in [-0.2, 0) is 16.1 Å². The molecule has 0 amide bonds. The quantitative estimate of drug-likeness (QED) is 0.676. The highest BCUT2D eigenvalue weighted by atomic mass is 16.5. The average molecular weight is 195 g/mol. The van der Waals surface area contributed by atoms with Crippen molar-refractivity contribution in [2.24, 2.45) is 0 Å². The maximum Gasteiger partial charge on any atom is 0.319 e. The van der Waals surface area contributed by atoms with Crippen molar-refractivity contribution in [3.63, 3.8) is 0 Å². The van der Waals surface area contributed by atoms with Crippen LogP contribution >= 0.6 is 0 Å². The molecule has 1 heterocycles. The van der Waals surface area contributed by atoms with Crippen LogP contribution in [0, 0.1) is 0 Å². The van der Waals surface area contributed by atoms with Crippen LogP contribution in [0.2, 0.25) is 0 Å². The molecule has 1 N–H and O–H groups in total. The van der Waals surface area contributed by atoms with Gasteiger partial charge in [-0.15, -0.1) is 0 Å². The summed E-state index contributed by atoms with van der Waals surface area (Å²) in [5, 5.41) is 2.89. The lowest BCUT2D eigenvalue weighted by molar-refractivity contribution is -0.142. The summed E-state index contributed by atoms with van der Waals surface area (Å²) in [5.41, 5.74) is 0. The van der Waals surface area contributed by atoms with Gasteiger partial charge in [0.2, 0.25) is 0 Å². The molecule has 0 aliphatic heterocycles. The average Bonchev–Trinajstić information content (AvgIpc) is 2.20. The number of rotatable bonds is 5. The number of ether oxygens (including phenoxy) is 1. The molecular formula is C9H13N3O2. The second kappa shape index (κ2) is 6.04. The molecule has 0 saturated heterocycles. The zero-order valence-corrected chi connectivity index (χ0v) is 8.06. The number of nitrogens with zero attached hydrogens (tertiary/aromatic N) is 2. The van der Waals surface area contributed by atoms with Crippen LogP contribution in [0.15, 0.2) is 18.5 Å². The number of aromatic nitrogens is 2. The van der Waals surface area contributed by atoms with Crippen molar-refractivity contribution in [3.05, 3.63) is 24.3 Å². The fourth-order valence-electron chi connectivity index (χ4n) is 0.910. The van der Waals surface area contributed by atoms with E-state index in [1.54, 1.807) is 25.4 Å². The minimum atomic E-state index is -0.261. The van der Waals surface area contributed by atoms with Crippen LogP contribution in [0.5, 0.6) is 0 Å². The Labute approximate surface area is 82.5 Å². The summed E-state index contributed by atoms with van der Waals surface area (Å²) >= 11 is 0. The highest BCUT2D eigenvalue weighted by Crippen LogP contribution is 1.85. The van der Waals surface area contributed by atoms with Crippen molar-refractivity contribution in [2.45, 2.75) is 13.5 Å². The second-order valence-corrected chi connectivity index (χ2v) is 2.57. The summed E-state index contributed by atoms with van der Waals surface area (Å²) in [6, 6.07) is 1.74. The van der Waals surface area contributed by atoms with Crippen LogP contribution in [0.4, 0.5) is 0 Å². The molecule has 0 saturated carbocycles. The van der Waals surface area contributed by atoms with E-state index in [4.69, 9.17) is 4.74 Å². The Kier molecular flexibility index (Phi) is 4.57.